The van der Waals surface area contributed by atoms with Crippen LogP contribution in [0.3, 0.4) is 0 Å². The largest absolute Gasteiger partial charge is 0.480 e. The van der Waals surface area contributed by atoms with E-state index >= 15 is 0 Å². The molecule has 0 aliphatic rings. The number of urea groups is 1. The van der Waals surface area contributed by atoms with Gasteiger partial charge in [0, 0.05) is 12.6 Å². The lowest BCUT2D eigenvalue weighted by Gasteiger charge is -2.30. The van der Waals surface area contributed by atoms with Gasteiger partial charge < -0.3 is 15.3 Å². The molecule has 0 saturated heterocycles. The number of carboxylic acid groups (broad SMARTS) is 1. The average molecular weight is 258 g/mol. The van der Waals surface area contributed by atoms with Crippen LogP contribution < -0.4 is 5.32 Å². The number of carbonyl (C=O) groups is 2. The van der Waals surface area contributed by atoms with Gasteiger partial charge in [0.05, 0.1) is 0 Å². The van der Waals surface area contributed by atoms with Crippen LogP contribution in [-0.4, -0.2) is 41.1 Å². The number of nitrogens with zero attached hydrogens (tertiary/aromatic N) is 1. The van der Waals surface area contributed by atoms with Gasteiger partial charge in [-0.15, -0.1) is 0 Å². The van der Waals surface area contributed by atoms with Gasteiger partial charge >= 0.3 is 12.0 Å². The summed E-state index contributed by atoms with van der Waals surface area (Å²) in [6.45, 7) is 12.3. The second-order valence-corrected chi connectivity index (χ2v) is 6.07. The van der Waals surface area contributed by atoms with E-state index in [0.717, 1.165) is 0 Å². The van der Waals surface area contributed by atoms with Crippen molar-refractivity contribution in [2.45, 2.75) is 47.6 Å². The smallest absolute Gasteiger partial charge is 0.323 e. The van der Waals surface area contributed by atoms with Crippen LogP contribution >= 0.6 is 0 Å². The van der Waals surface area contributed by atoms with Crippen molar-refractivity contribution < 1.29 is 14.7 Å². The molecule has 0 rings (SSSR count). The number of aliphatic carboxylic acids is 1. The first-order valence-electron chi connectivity index (χ1n) is 6.32. The average Bonchev–Trinajstić information content (AvgIpc) is 2.19. The van der Waals surface area contributed by atoms with E-state index in [1.807, 2.05) is 0 Å². The normalized spacial score (nSPS) is 13.3. The van der Waals surface area contributed by atoms with Crippen LogP contribution in [0.4, 0.5) is 4.79 Å². The summed E-state index contributed by atoms with van der Waals surface area (Å²) in [5.41, 5.74) is 0.114. The summed E-state index contributed by atoms with van der Waals surface area (Å²) in [6, 6.07) is -0.449. The maximum atomic E-state index is 11.9. The lowest BCUT2D eigenvalue weighted by atomic mass is 9.82. The number of nitrogens with one attached hydrogen (secondary N) is 1. The summed E-state index contributed by atoms with van der Waals surface area (Å²) in [5, 5.41) is 11.6. The molecular weight excluding hydrogens is 232 g/mol. The molecule has 18 heavy (non-hydrogen) atoms. The molecule has 106 valence electrons. The zero-order valence-electron chi connectivity index (χ0n) is 12.3. The first-order valence-corrected chi connectivity index (χ1v) is 6.32. The molecule has 0 aromatic carbocycles. The van der Waals surface area contributed by atoms with Crippen molar-refractivity contribution in [3.8, 4) is 0 Å². The quantitative estimate of drug-likeness (QED) is 0.794. The molecule has 1 unspecified atom stereocenters. The van der Waals surface area contributed by atoms with E-state index < -0.39 is 5.97 Å². The number of carboxylic acids is 1. The Balaban J connectivity index is 4.40. The van der Waals surface area contributed by atoms with Gasteiger partial charge in [-0.25, -0.2) is 4.79 Å². The number of amides is 2. The van der Waals surface area contributed by atoms with E-state index in [1.165, 1.54) is 4.90 Å². The van der Waals surface area contributed by atoms with Crippen molar-refractivity contribution in [2.24, 2.45) is 11.3 Å². The van der Waals surface area contributed by atoms with Crippen LogP contribution in [0, 0.1) is 11.3 Å². The minimum absolute atomic E-state index is 0.114. The Kier molecular flexibility index (Phi) is 6.15. The van der Waals surface area contributed by atoms with Crippen molar-refractivity contribution in [2.75, 3.05) is 13.1 Å². The second-order valence-electron chi connectivity index (χ2n) is 6.07. The highest BCUT2D eigenvalue weighted by molar-refractivity contribution is 5.80. The predicted molar refractivity (Wildman–Crippen MR) is 71.5 cm³/mol. The first kappa shape index (κ1) is 16.7. The van der Waals surface area contributed by atoms with E-state index in [1.54, 1.807) is 13.8 Å². The number of hydrogen-bond acceptors (Lipinski definition) is 2. The molecule has 0 aromatic rings. The minimum atomic E-state index is -0.997. The fourth-order valence-corrected chi connectivity index (χ4v) is 1.28. The van der Waals surface area contributed by atoms with Gasteiger partial charge in [-0.05, 0) is 25.2 Å². The van der Waals surface area contributed by atoms with Crippen LogP contribution in [0.15, 0.2) is 0 Å². The van der Waals surface area contributed by atoms with Crippen LogP contribution in [-0.2, 0) is 4.79 Å². The Morgan fingerprint density at radius 3 is 2.06 bits per heavy atom. The number of carbonyl (C=O) groups excluding carboxylic acids is 1. The molecule has 0 aliphatic heterocycles. The van der Waals surface area contributed by atoms with Crippen LogP contribution in [0.2, 0.25) is 0 Å². The fraction of sp³-hybridized carbons (Fsp3) is 0.846. The second kappa shape index (κ2) is 6.61. The monoisotopic (exact) mass is 258 g/mol. The summed E-state index contributed by atoms with van der Waals surface area (Å²) in [4.78, 5) is 23.9. The highest BCUT2D eigenvalue weighted by Gasteiger charge is 2.23. The third-order valence-electron chi connectivity index (χ3n) is 3.23. The van der Waals surface area contributed by atoms with Crippen LogP contribution in [0.1, 0.15) is 41.5 Å². The Morgan fingerprint density at radius 1 is 1.22 bits per heavy atom. The Morgan fingerprint density at radius 2 is 1.72 bits per heavy atom. The lowest BCUT2D eigenvalue weighted by Crippen LogP contribution is -2.48. The van der Waals surface area contributed by atoms with Crippen LogP contribution in [0.25, 0.3) is 0 Å². The van der Waals surface area contributed by atoms with Gasteiger partial charge in [-0.1, -0.05) is 27.7 Å². The van der Waals surface area contributed by atoms with Crippen molar-refractivity contribution in [1.82, 2.24) is 10.2 Å². The molecule has 1 atom stereocenters. The van der Waals surface area contributed by atoms with Gasteiger partial charge in [-0.3, -0.25) is 4.79 Å². The molecule has 0 aliphatic carbocycles. The number of rotatable bonds is 5. The number of hydrogen-bond donors (Lipinski definition) is 2. The molecule has 0 spiro atoms. The van der Waals surface area contributed by atoms with Gasteiger partial charge in [0.1, 0.15) is 6.54 Å². The summed E-state index contributed by atoms with van der Waals surface area (Å²) < 4.78 is 0. The maximum absolute atomic E-state index is 11.9. The zero-order chi connectivity index (χ0) is 14.5. The highest BCUT2D eigenvalue weighted by atomic mass is 16.4. The van der Waals surface area contributed by atoms with Crippen molar-refractivity contribution >= 4 is 12.0 Å². The molecule has 2 N–H and O–H groups in total. The SMILES string of the molecule is CC(C)N(CC(=O)O)C(=O)NCC(C)C(C)(C)C. The molecule has 0 bridgehead atoms. The molecule has 0 heterocycles. The third-order valence-corrected chi connectivity index (χ3v) is 3.23. The fourth-order valence-electron chi connectivity index (χ4n) is 1.28. The molecular formula is C13H26N2O3. The van der Waals surface area contributed by atoms with Crippen LogP contribution in [0.5, 0.6) is 0 Å². The van der Waals surface area contributed by atoms with E-state index in [2.05, 4.69) is 33.0 Å². The molecule has 5 nitrogen and oxygen atoms in total. The molecule has 0 aromatic heterocycles. The topological polar surface area (TPSA) is 69.6 Å². The standard InChI is InChI=1S/C13H26N2O3/c1-9(2)15(8-11(16)17)12(18)14-7-10(3)13(4,5)6/h9-10H,7-8H2,1-6H3,(H,14,18)(H,16,17). The minimum Gasteiger partial charge on any atom is -0.480 e. The highest BCUT2D eigenvalue weighted by Crippen LogP contribution is 2.24. The van der Waals surface area contributed by atoms with E-state index in [4.69, 9.17) is 5.11 Å². The van der Waals surface area contributed by atoms with E-state index in [9.17, 15) is 9.59 Å². The first-order chi connectivity index (χ1) is 8.05. The Hall–Kier alpha value is -1.26. The molecule has 0 radical (unpaired) electrons. The third kappa shape index (κ3) is 5.89. The predicted octanol–water partition coefficient (Wildman–Crippen LogP) is 2.17. The molecule has 0 saturated carbocycles. The molecule has 5 heteroatoms. The molecule has 2 amide bonds. The van der Waals surface area contributed by atoms with E-state index in [-0.39, 0.29) is 24.0 Å². The summed E-state index contributed by atoms with van der Waals surface area (Å²) >= 11 is 0. The Bertz CT molecular complexity index is 295. The van der Waals surface area contributed by atoms with Crippen molar-refractivity contribution in [1.29, 1.82) is 0 Å². The molecule has 0 fully saturated rings. The van der Waals surface area contributed by atoms with Gasteiger partial charge in [0.15, 0.2) is 0 Å². The van der Waals surface area contributed by atoms with Gasteiger partial charge in [0.25, 0.3) is 0 Å². The van der Waals surface area contributed by atoms with Crippen molar-refractivity contribution in [3.63, 3.8) is 0 Å². The van der Waals surface area contributed by atoms with E-state index in [0.29, 0.717) is 12.5 Å². The van der Waals surface area contributed by atoms with Gasteiger partial charge in [-0.2, -0.15) is 0 Å². The maximum Gasteiger partial charge on any atom is 0.323 e. The Labute approximate surface area is 110 Å². The summed E-state index contributed by atoms with van der Waals surface area (Å²) in [5.74, 6) is -0.678. The summed E-state index contributed by atoms with van der Waals surface area (Å²) in [7, 11) is 0. The summed E-state index contributed by atoms with van der Waals surface area (Å²) in [6.07, 6.45) is 0. The lowest BCUT2D eigenvalue weighted by molar-refractivity contribution is -0.138. The zero-order valence-corrected chi connectivity index (χ0v) is 12.3. The van der Waals surface area contributed by atoms with Crippen molar-refractivity contribution in [3.05, 3.63) is 0 Å². The van der Waals surface area contributed by atoms with Gasteiger partial charge in [0.2, 0.25) is 0 Å².